The summed E-state index contributed by atoms with van der Waals surface area (Å²) >= 11 is 0. The van der Waals surface area contributed by atoms with E-state index in [2.05, 4.69) is 10.1 Å². The van der Waals surface area contributed by atoms with Gasteiger partial charge in [-0.1, -0.05) is 20.8 Å². The maximum absolute atomic E-state index is 11.8. The third kappa shape index (κ3) is 10.0. The Bertz CT molecular complexity index is 159. The largest absolute Gasteiger partial charge is 0.411 e. The topological polar surface area (TPSA) is 21.3 Å². The summed E-state index contributed by atoms with van der Waals surface area (Å²) in [5.74, 6) is 0.148. The molecule has 0 saturated carbocycles. The van der Waals surface area contributed by atoms with E-state index >= 15 is 0 Å². The van der Waals surface area contributed by atoms with Crippen molar-refractivity contribution in [3.8, 4) is 0 Å². The van der Waals surface area contributed by atoms with E-state index < -0.39 is 12.8 Å². The monoisotopic (exact) mass is 227 g/mol. The van der Waals surface area contributed by atoms with Crippen LogP contribution in [-0.2, 0) is 4.74 Å². The van der Waals surface area contributed by atoms with Crippen LogP contribution in [0, 0.1) is 5.92 Å². The Kier molecular flexibility index (Phi) is 6.92. The van der Waals surface area contributed by atoms with Crippen LogP contribution in [0.1, 0.15) is 27.2 Å². The van der Waals surface area contributed by atoms with Crippen LogP contribution in [0.5, 0.6) is 0 Å². The Labute approximate surface area is 89.2 Å². The zero-order valence-electron chi connectivity index (χ0n) is 9.53. The molecule has 1 unspecified atom stereocenters. The Morgan fingerprint density at radius 3 is 2.27 bits per heavy atom. The first-order valence-electron chi connectivity index (χ1n) is 5.23. The molecule has 0 radical (unpaired) electrons. The number of hydrogen-bond donors (Lipinski definition) is 1. The van der Waals surface area contributed by atoms with Gasteiger partial charge < -0.3 is 10.1 Å². The second-order valence-corrected chi connectivity index (χ2v) is 3.97. The fourth-order valence-corrected chi connectivity index (χ4v) is 1.06. The first kappa shape index (κ1) is 14.7. The maximum Gasteiger partial charge on any atom is 0.411 e. The van der Waals surface area contributed by atoms with Crippen molar-refractivity contribution >= 4 is 0 Å². The lowest BCUT2D eigenvalue weighted by atomic mass is 10.1. The highest BCUT2D eigenvalue weighted by Crippen LogP contribution is 2.15. The molecule has 0 aliphatic heterocycles. The van der Waals surface area contributed by atoms with Gasteiger partial charge in [0, 0.05) is 12.6 Å². The van der Waals surface area contributed by atoms with Crippen molar-refractivity contribution in [1.82, 2.24) is 5.32 Å². The predicted octanol–water partition coefficient (Wildman–Crippen LogP) is 2.59. The van der Waals surface area contributed by atoms with Crippen LogP contribution in [0.4, 0.5) is 13.2 Å². The molecule has 0 aromatic carbocycles. The molecule has 0 heterocycles. The molecule has 92 valence electrons. The quantitative estimate of drug-likeness (QED) is 0.721. The van der Waals surface area contributed by atoms with E-state index in [0.717, 1.165) is 6.42 Å². The average Bonchev–Trinajstić information content (AvgIpc) is 2.08. The van der Waals surface area contributed by atoms with Crippen molar-refractivity contribution in [1.29, 1.82) is 0 Å². The maximum atomic E-state index is 11.8. The number of alkyl halides is 3. The van der Waals surface area contributed by atoms with Gasteiger partial charge in [-0.2, -0.15) is 13.2 Å². The summed E-state index contributed by atoms with van der Waals surface area (Å²) in [5, 5.41) is 3.18. The van der Waals surface area contributed by atoms with Crippen LogP contribution in [0.2, 0.25) is 0 Å². The lowest BCUT2D eigenvalue weighted by molar-refractivity contribution is -0.176. The highest BCUT2D eigenvalue weighted by molar-refractivity contribution is 4.62. The van der Waals surface area contributed by atoms with Crippen LogP contribution in [-0.4, -0.2) is 32.0 Å². The van der Waals surface area contributed by atoms with Gasteiger partial charge in [-0.15, -0.1) is 0 Å². The van der Waals surface area contributed by atoms with Gasteiger partial charge >= 0.3 is 6.18 Å². The van der Waals surface area contributed by atoms with E-state index in [1.165, 1.54) is 0 Å². The molecule has 1 atom stereocenters. The zero-order valence-corrected chi connectivity index (χ0v) is 9.53. The van der Waals surface area contributed by atoms with Crippen molar-refractivity contribution in [2.24, 2.45) is 5.92 Å². The highest BCUT2D eigenvalue weighted by atomic mass is 19.4. The molecule has 0 aliphatic rings. The molecule has 15 heavy (non-hydrogen) atoms. The number of nitrogens with one attached hydrogen (secondary N) is 1. The number of rotatable bonds is 7. The number of ether oxygens (including phenoxy) is 1. The van der Waals surface area contributed by atoms with Gasteiger partial charge in [0.15, 0.2) is 0 Å². The Morgan fingerprint density at radius 1 is 1.27 bits per heavy atom. The molecule has 5 heteroatoms. The molecule has 0 amide bonds. The minimum absolute atomic E-state index is 0.148. The summed E-state index contributed by atoms with van der Waals surface area (Å²) in [4.78, 5) is 0. The summed E-state index contributed by atoms with van der Waals surface area (Å²) in [6, 6.07) is 0.349. The fourth-order valence-electron chi connectivity index (χ4n) is 1.06. The van der Waals surface area contributed by atoms with Crippen LogP contribution in [0.25, 0.3) is 0 Å². The van der Waals surface area contributed by atoms with Gasteiger partial charge in [0.1, 0.15) is 6.61 Å². The Balaban J connectivity index is 3.62. The van der Waals surface area contributed by atoms with E-state index in [1.807, 2.05) is 20.8 Å². The van der Waals surface area contributed by atoms with Gasteiger partial charge in [-0.3, -0.25) is 0 Å². The summed E-state index contributed by atoms with van der Waals surface area (Å²) in [7, 11) is 0. The minimum atomic E-state index is -4.22. The SMILES string of the molecule is CCC(CNC(C)C)COCC(F)(F)F. The van der Waals surface area contributed by atoms with Crippen LogP contribution in [0.3, 0.4) is 0 Å². The van der Waals surface area contributed by atoms with Crippen molar-refractivity contribution in [2.75, 3.05) is 19.8 Å². The molecule has 0 fully saturated rings. The summed E-state index contributed by atoms with van der Waals surface area (Å²) in [6.45, 7) is 5.67. The van der Waals surface area contributed by atoms with E-state index in [0.29, 0.717) is 12.6 Å². The average molecular weight is 227 g/mol. The normalized spacial score (nSPS) is 14.6. The van der Waals surface area contributed by atoms with Gasteiger partial charge in [-0.05, 0) is 12.3 Å². The molecular formula is C10H20F3NO. The van der Waals surface area contributed by atoms with Gasteiger partial charge in [-0.25, -0.2) is 0 Å². The van der Waals surface area contributed by atoms with E-state index in [-0.39, 0.29) is 12.5 Å². The van der Waals surface area contributed by atoms with Crippen LogP contribution in [0.15, 0.2) is 0 Å². The van der Waals surface area contributed by atoms with Gasteiger partial charge in [0.2, 0.25) is 0 Å². The Hall–Kier alpha value is -0.290. The summed E-state index contributed by atoms with van der Waals surface area (Å²) in [6.07, 6.45) is -3.40. The second-order valence-electron chi connectivity index (χ2n) is 3.97. The van der Waals surface area contributed by atoms with Crippen molar-refractivity contribution < 1.29 is 17.9 Å². The zero-order chi connectivity index (χ0) is 11.9. The van der Waals surface area contributed by atoms with E-state index in [1.54, 1.807) is 0 Å². The smallest absolute Gasteiger partial charge is 0.372 e. The highest BCUT2D eigenvalue weighted by Gasteiger charge is 2.27. The van der Waals surface area contributed by atoms with Crippen molar-refractivity contribution in [3.05, 3.63) is 0 Å². The van der Waals surface area contributed by atoms with Crippen LogP contribution >= 0.6 is 0 Å². The summed E-state index contributed by atoms with van der Waals surface area (Å²) < 4.78 is 40.0. The van der Waals surface area contributed by atoms with Gasteiger partial charge in [0.25, 0.3) is 0 Å². The minimum Gasteiger partial charge on any atom is -0.372 e. The summed E-state index contributed by atoms with van der Waals surface area (Å²) in [5.41, 5.74) is 0. The third-order valence-electron chi connectivity index (χ3n) is 2.01. The molecule has 0 spiro atoms. The van der Waals surface area contributed by atoms with Crippen molar-refractivity contribution in [3.63, 3.8) is 0 Å². The number of halogens is 3. The molecule has 0 aromatic rings. The fraction of sp³-hybridized carbons (Fsp3) is 1.00. The molecule has 0 bridgehead atoms. The third-order valence-corrected chi connectivity index (χ3v) is 2.01. The standard InChI is InChI=1S/C10H20F3NO/c1-4-9(5-14-8(2)3)6-15-7-10(11,12)13/h8-9,14H,4-7H2,1-3H3. The van der Waals surface area contributed by atoms with E-state index in [4.69, 9.17) is 0 Å². The van der Waals surface area contributed by atoms with Gasteiger partial charge in [0.05, 0.1) is 6.61 Å². The van der Waals surface area contributed by atoms with Crippen molar-refractivity contribution in [2.45, 2.75) is 39.4 Å². The molecule has 1 N–H and O–H groups in total. The lowest BCUT2D eigenvalue weighted by Crippen LogP contribution is -2.31. The Morgan fingerprint density at radius 2 is 1.87 bits per heavy atom. The lowest BCUT2D eigenvalue weighted by Gasteiger charge is -2.18. The number of hydrogen-bond acceptors (Lipinski definition) is 2. The molecule has 2 nitrogen and oxygen atoms in total. The van der Waals surface area contributed by atoms with Crippen LogP contribution < -0.4 is 5.32 Å². The molecule has 0 saturated heterocycles. The predicted molar refractivity (Wildman–Crippen MR) is 53.8 cm³/mol. The molecular weight excluding hydrogens is 207 g/mol. The van der Waals surface area contributed by atoms with E-state index in [9.17, 15) is 13.2 Å². The molecule has 0 rings (SSSR count). The molecule has 0 aliphatic carbocycles. The first-order valence-corrected chi connectivity index (χ1v) is 5.23. The first-order chi connectivity index (χ1) is 6.85. The second kappa shape index (κ2) is 7.06. The molecule has 0 aromatic heterocycles.